The molecule has 0 N–H and O–H groups in total. The lowest BCUT2D eigenvalue weighted by Gasteiger charge is -2.11. The summed E-state index contributed by atoms with van der Waals surface area (Å²) < 4.78 is 9.89. The van der Waals surface area contributed by atoms with Crippen LogP contribution in [-0.4, -0.2) is 18.9 Å². The number of rotatable bonds is 7. The quantitative estimate of drug-likeness (QED) is 0.384. The zero-order chi connectivity index (χ0) is 12.9. The van der Waals surface area contributed by atoms with Crippen molar-refractivity contribution in [2.45, 2.75) is 65.4 Å². The van der Waals surface area contributed by atoms with Gasteiger partial charge < -0.3 is 9.47 Å². The molecule has 0 heterocycles. The molecule has 0 bridgehead atoms. The van der Waals surface area contributed by atoms with Crippen molar-refractivity contribution in [3.63, 3.8) is 0 Å². The van der Waals surface area contributed by atoms with Gasteiger partial charge in [-0.3, -0.25) is 0 Å². The van der Waals surface area contributed by atoms with Gasteiger partial charge in [0.05, 0.1) is 6.61 Å². The first-order valence-electron chi connectivity index (χ1n) is 6.56. The van der Waals surface area contributed by atoms with Crippen LogP contribution in [0, 0.1) is 11.8 Å². The Bertz CT molecular complexity index is 250. The van der Waals surface area contributed by atoms with Crippen molar-refractivity contribution >= 4 is 6.16 Å². The summed E-state index contributed by atoms with van der Waals surface area (Å²) in [6, 6.07) is 0. The van der Waals surface area contributed by atoms with E-state index in [1.807, 2.05) is 0 Å². The number of hydrogen-bond donors (Lipinski definition) is 0. The standard InChI is InChI=1S/C14H24O3/c1-4-7-9-10-12-13(11-8-5-2)17-14(15)16-6-3/h13H,4-9,11H2,1-3H3. The zero-order valence-electron chi connectivity index (χ0n) is 11.3. The van der Waals surface area contributed by atoms with Gasteiger partial charge in [0.25, 0.3) is 0 Å². The number of unbranched alkanes of at least 4 members (excludes halogenated alkanes) is 3. The molecule has 0 fully saturated rings. The zero-order valence-corrected chi connectivity index (χ0v) is 11.3. The van der Waals surface area contributed by atoms with Crippen LogP contribution in [0.1, 0.15) is 59.3 Å². The van der Waals surface area contributed by atoms with E-state index in [0.717, 1.165) is 38.5 Å². The highest BCUT2D eigenvalue weighted by atomic mass is 16.7. The Morgan fingerprint density at radius 3 is 2.47 bits per heavy atom. The normalized spacial score (nSPS) is 11.2. The van der Waals surface area contributed by atoms with Crippen molar-refractivity contribution in [1.29, 1.82) is 0 Å². The van der Waals surface area contributed by atoms with Crippen LogP contribution >= 0.6 is 0 Å². The summed E-state index contributed by atoms with van der Waals surface area (Å²) in [5.41, 5.74) is 0. The van der Waals surface area contributed by atoms with Crippen LogP contribution in [0.5, 0.6) is 0 Å². The number of carbonyl (C=O) groups excluding carboxylic acids is 1. The third-order valence-electron chi connectivity index (χ3n) is 2.24. The first kappa shape index (κ1) is 15.8. The second-order valence-electron chi connectivity index (χ2n) is 3.86. The van der Waals surface area contributed by atoms with Crippen molar-refractivity contribution in [2.75, 3.05) is 6.61 Å². The van der Waals surface area contributed by atoms with E-state index in [4.69, 9.17) is 9.47 Å². The van der Waals surface area contributed by atoms with Crippen LogP contribution in [0.4, 0.5) is 4.79 Å². The summed E-state index contributed by atoms with van der Waals surface area (Å²) in [7, 11) is 0. The van der Waals surface area contributed by atoms with E-state index < -0.39 is 6.16 Å². The Labute approximate surface area is 105 Å². The lowest BCUT2D eigenvalue weighted by atomic mass is 10.1. The average molecular weight is 240 g/mol. The Morgan fingerprint density at radius 2 is 1.88 bits per heavy atom. The summed E-state index contributed by atoms with van der Waals surface area (Å²) in [5, 5.41) is 0. The molecule has 0 saturated carbocycles. The highest BCUT2D eigenvalue weighted by Crippen LogP contribution is 2.06. The lowest BCUT2D eigenvalue weighted by molar-refractivity contribution is 0.0403. The van der Waals surface area contributed by atoms with Gasteiger partial charge in [0, 0.05) is 6.42 Å². The van der Waals surface area contributed by atoms with Crippen molar-refractivity contribution < 1.29 is 14.3 Å². The van der Waals surface area contributed by atoms with E-state index in [9.17, 15) is 4.79 Å². The fourth-order valence-electron chi connectivity index (χ4n) is 1.27. The summed E-state index contributed by atoms with van der Waals surface area (Å²) in [6.07, 6.45) is 5.02. The van der Waals surface area contributed by atoms with E-state index >= 15 is 0 Å². The van der Waals surface area contributed by atoms with Gasteiger partial charge >= 0.3 is 6.16 Å². The minimum Gasteiger partial charge on any atom is -0.435 e. The van der Waals surface area contributed by atoms with Crippen LogP contribution < -0.4 is 0 Å². The van der Waals surface area contributed by atoms with E-state index in [0.29, 0.717) is 6.61 Å². The van der Waals surface area contributed by atoms with Crippen LogP contribution in [0.3, 0.4) is 0 Å². The number of hydrogen-bond acceptors (Lipinski definition) is 3. The fraction of sp³-hybridized carbons (Fsp3) is 0.786. The maximum absolute atomic E-state index is 11.2. The average Bonchev–Trinajstić information content (AvgIpc) is 2.31. The molecule has 0 aliphatic rings. The van der Waals surface area contributed by atoms with E-state index in [1.165, 1.54) is 0 Å². The minimum absolute atomic E-state index is 0.314. The second-order valence-corrected chi connectivity index (χ2v) is 3.86. The first-order valence-corrected chi connectivity index (χ1v) is 6.56. The largest absolute Gasteiger partial charge is 0.509 e. The summed E-state index contributed by atoms with van der Waals surface area (Å²) >= 11 is 0. The maximum atomic E-state index is 11.2. The van der Waals surface area contributed by atoms with Gasteiger partial charge in [-0.15, -0.1) is 0 Å². The Hall–Kier alpha value is -1.17. The minimum atomic E-state index is -0.613. The topological polar surface area (TPSA) is 35.5 Å². The number of carbonyl (C=O) groups is 1. The maximum Gasteiger partial charge on any atom is 0.509 e. The molecule has 0 aliphatic carbocycles. The fourth-order valence-corrected chi connectivity index (χ4v) is 1.27. The Kier molecular flexibility index (Phi) is 10.5. The van der Waals surface area contributed by atoms with Crippen molar-refractivity contribution in [2.24, 2.45) is 0 Å². The van der Waals surface area contributed by atoms with Crippen LogP contribution in [0.2, 0.25) is 0 Å². The first-order chi connectivity index (χ1) is 8.24. The molecule has 1 atom stereocenters. The number of ether oxygens (including phenoxy) is 2. The van der Waals surface area contributed by atoms with Crippen molar-refractivity contribution in [1.82, 2.24) is 0 Å². The third kappa shape index (κ3) is 9.74. The van der Waals surface area contributed by atoms with Gasteiger partial charge in [0.15, 0.2) is 6.10 Å². The van der Waals surface area contributed by atoms with Gasteiger partial charge in [-0.2, -0.15) is 0 Å². The van der Waals surface area contributed by atoms with Crippen molar-refractivity contribution in [3.05, 3.63) is 0 Å². The molecule has 3 heteroatoms. The molecule has 0 spiro atoms. The second kappa shape index (κ2) is 11.3. The van der Waals surface area contributed by atoms with Crippen LogP contribution in [0.25, 0.3) is 0 Å². The Balaban J connectivity index is 4.10. The van der Waals surface area contributed by atoms with Gasteiger partial charge in [-0.05, 0) is 26.2 Å². The smallest absolute Gasteiger partial charge is 0.435 e. The molecule has 0 saturated heterocycles. The highest BCUT2D eigenvalue weighted by Gasteiger charge is 2.11. The Morgan fingerprint density at radius 1 is 1.18 bits per heavy atom. The summed E-state index contributed by atoms with van der Waals surface area (Å²) in [6.45, 7) is 6.33. The van der Waals surface area contributed by atoms with Crippen molar-refractivity contribution in [3.8, 4) is 11.8 Å². The molecular formula is C14H24O3. The molecule has 0 aromatic rings. The molecule has 98 valence electrons. The molecule has 0 aliphatic heterocycles. The summed E-state index contributed by atoms with van der Waals surface area (Å²) in [5.74, 6) is 6.07. The predicted octanol–water partition coefficient (Wildman–Crippen LogP) is 3.91. The summed E-state index contributed by atoms with van der Waals surface area (Å²) in [4.78, 5) is 11.2. The van der Waals surface area contributed by atoms with E-state index in [2.05, 4.69) is 25.7 Å². The molecule has 0 amide bonds. The van der Waals surface area contributed by atoms with Gasteiger partial charge in [0.1, 0.15) is 0 Å². The third-order valence-corrected chi connectivity index (χ3v) is 2.24. The SMILES string of the molecule is CCCCC#CC(CCCC)OC(=O)OCC. The molecule has 17 heavy (non-hydrogen) atoms. The molecule has 1 unspecified atom stereocenters. The highest BCUT2D eigenvalue weighted by molar-refractivity contribution is 5.60. The monoisotopic (exact) mass is 240 g/mol. The van der Waals surface area contributed by atoms with Gasteiger partial charge in [-0.25, -0.2) is 4.79 Å². The molecule has 0 rings (SSSR count). The molecule has 0 radical (unpaired) electrons. The van der Waals surface area contributed by atoms with Crippen LogP contribution in [0.15, 0.2) is 0 Å². The van der Waals surface area contributed by atoms with Crippen LogP contribution in [-0.2, 0) is 9.47 Å². The molecule has 0 aromatic heterocycles. The van der Waals surface area contributed by atoms with Gasteiger partial charge in [-0.1, -0.05) is 38.5 Å². The molecule has 3 nitrogen and oxygen atoms in total. The lowest BCUT2D eigenvalue weighted by Crippen LogP contribution is -2.17. The molecular weight excluding hydrogens is 216 g/mol. The van der Waals surface area contributed by atoms with Gasteiger partial charge in [0.2, 0.25) is 0 Å². The molecule has 0 aromatic carbocycles. The van der Waals surface area contributed by atoms with E-state index in [1.54, 1.807) is 6.92 Å². The predicted molar refractivity (Wildman–Crippen MR) is 68.7 cm³/mol. The van der Waals surface area contributed by atoms with E-state index in [-0.39, 0.29) is 6.10 Å².